The standard InChI is InChI=1S/C16H17FO2S/c1-11-7-12(2)16(13(3)8-11)10-20(18,19)15-6-4-5-14(17)9-15/h4-9H,10H2,1-3H3. The molecule has 0 amide bonds. The fourth-order valence-corrected chi connectivity index (χ4v) is 3.95. The molecular formula is C16H17FO2S. The summed E-state index contributed by atoms with van der Waals surface area (Å²) in [7, 11) is -3.53. The Morgan fingerprint density at radius 2 is 1.60 bits per heavy atom. The third kappa shape index (κ3) is 3.07. The zero-order chi connectivity index (χ0) is 14.9. The summed E-state index contributed by atoms with van der Waals surface area (Å²) in [6.07, 6.45) is 0. The Kier molecular flexibility index (Phi) is 3.95. The van der Waals surface area contributed by atoms with Gasteiger partial charge in [-0.1, -0.05) is 23.8 Å². The summed E-state index contributed by atoms with van der Waals surface area (Å²) in [5.41, 5.74) is 3.79. The van der Waals surface area contributed by atoms with Crippen LogP contribution in [-0.2, 0) is 15.6 Å². The molecule has 0 saturated carbocycles. The molecule has 0 unspecified atom stereocenters. The molecule has 20 heavy (non-hydrogen) atoms. The van der Waals surface area contributed by atoms with Crippen molar-refractivity contribution in [3.05, 3.63) is 64.5 Å². The highest BCUT2D eigenvalue weighted by Gasteiger charge is 2.18. The highest BCUT2D eigenvalue weighted by atomic mass is 32.2. The van der Waals surface area contributed by atoms with Crippen LogP contribution in [0.2, 0.25) is 0 Å². The molecule has 0 N–H and O–H groups in total. The SMILES string of the molecule is Cc1cc(C)c(CS(=O)(=O)c2cccc(F)c2)c(C)c1. The van der Waals surface area contributed by atoms with Crippen LogP contribution < -0.4 is 0 Å². The molecule has 0 aliphatic carbocycles. The van der Waals surface area contributed by atoms with E-state index in [1.807, 2.05) is 32.9 Å². The monoisotopic (exact) mass is 292 g/mol. The zero-order valence-corrected chi connectivity index (χ0v) is 12.6. The van der Waals surface area contributed by atoms with Gasteiger partial charge in [0.2, 0.25) is 0 Å². The molecular weight excluding hydrogens is 275 g/mol. The van der Waals surface area contributed by atoms with Crippen LogP contribution in [0.1, 0.15) is 22.3 Å². The summed E-state index contributed by atoms with van der Waals surface area (Å²) >= 11 is 0. The molecule has 0 aliphatic heterocycles. The number of aryl methyl sites for hydroxylation is 3. The number of hydrogen-bond donors (Lipinski definition) is 0. The van der Waals surface area contributed by atoms with Crippen molar-refractivity contribution < 1.29 is 12.8 Å². The maximum atomic E-state index is 13.2. The van der Waals surface area contributed by atoms with E-state index in [0.29, 0.717) is 0 Å². The van der Waals surface area contributed by atoms with Crippen LogP contribution in [0.5, 0.6) is 0 Å². The molecule has 2 aromatic carbocycles. The Morgan fingerprint density at radius 1 is 1.00 bits per heavy atom. The highest BCUT2D eigenvalue weighted by molar-refractivity contribution is 7.90. The lowest BCUT2D eigenvalue weighted by Gasteiger charge is -2.12. The Hall–Kier alpha value is -1.68. The molecule has 0 spiro atoms. The van der Waals surface area contributed by atoms with Crippen molar-refractivity contribution in [2.24, 2.45) is 0 Å². The van der Waals surface area contributed by atoms with Crippen LogP contribution >= 0.6 is 0 Å². The molecule has 0 atom stereocenters. The first-order valence-electron chi connectivity index (χ1n) is 6.34. The second-order valence-corrected chi connectivity index (χ2v) is 7.08. The van der Waals surface area contributed by atoms with Crippen LogP contribution in [0, 0.1) is 26.6 Å². The number of rotatable bonds is 3. The Labute approximate surface area is 119 Å². The van der Waals surface area contributed by atoms with Gasteiger partial charge in [-0.05, 0) is 55.7 Å². The highest BCUT2D eigenvalue weighted by Crippen LogP contribution is 2.23. The molecule has 4 heteroatoms. The van der Waals surface area contributed by atoms with E-state index in [-0.39, 0.29) is 10.6 Å². The maximum Gasteiger partial charge on any atom is 0.182 e. The van der Waals surface area contributed by atoms with E-state index < -0.39 is 15.7 Å². The number of benzene rings is 2. The van der Waals surface area contributed by atoms with Crippen molar-refractivity contribution in [1.29, 1.82) is 0 Å². The first-order valence-corrected chi connectivity index (χ1v) is 8.00. The Balaban J connectivity index is 2.44. The normalized spacial score (nSPS) is 11.6. The summed E-state index contributed by atoms with van der Waals surface area (Å²) in [4.78, 5) is 0.0249. The lowest BCUT2D eigenvalue weighted by molar-refractivity contribution is 0.590. The zero-order valence-electron chi connectivity index (χ0n) is 11.8. The van der Waals surface area contributed by atoms with Crippen LogP contribution in [0.3, 0.4) is 0 Å². The van der Waals surface area contributed by atoms with Crippen molar-refractivity contribution in [3.8, 4) is 0 Å². The Morgan fingerprint density at radius 3 is 2.15 bits per heavy atom. The van der Waals surface area contributed by atoms with E-state index in [1.54, 1.807) is 0 Å². The van der Waals surface area contributed by atoms with E-state index in [4.69, 9.17) is 0 Å². The molecule has 0 aromatic heterocycles. The van der Waals surface area contributed by atoms with Gasteiger partial charge in [-0.25, -0.2) is 12.8 Å². The first kappa shape index (κ1) is 14.7. The predicted molar refractivity (Wildman–Crippen MR) is 77.9 cm³/mol. The van der Waals surface area contributed by atoms with E-state index in [9.17, 15) is 12.8 Å². The molecule has 0 fully saturated rings. The Bertz CT molecular complexity index is 726. The summed E-state index contributed by atoms with van der Waals surface area (Å²) in [5.74, 6) is -0.641. The fraction of sp³-hybridized carbons (Fsp3) is 0.250. The summed E-state index contributed by atoms with van der Waals surface area (Å²) < 4.78 is 37.9. The smallest absolute Gasteiger partial charge is 0.182 e. The van der Waals surface area contributed by atoms with Gasteiger partial charge in [0.1, 0.15) is 5.82 Å². The van der Waals surface area contributed by atoms with Crippen LogP contribution in [-0.4, -0.2) is 8.42 Å². The molecule has 2 aromatic rings. The van der Waals surface area contributed by atoms with Gasteiger partial charge >= 0.3 is 0 Å². The van der Waals surface area contributed by atoms with Crippen LogP contribution in [0.25, 0.3) is 0 Å². The van der Waals surface area contributed by atoms with E-state index in [1.165, 1.54) is 18.2 Å². The minimum absolute atomic E-state index is 0.0249. The van der Waals surface area contributed by atoms with Crippen LogP contribution in [0.15, 0.2) is 41.3 Å². The van der Waals surface area contributed by atoms with Crippen molar-refractivity contribution in [3.63, 3.8) is 0 Å². The molecule has 2 rings (SSSR count). The molecule has 2 nitrogen and oxygen atoms in total. The average Bonchev–Trinajstić information content (AvgIpc) is 2.34. The topological polar surface area (TPSA) is 34.1 Å². The van der Waals surface area contributed by atoms with E-state index in [0.717, 1.165) is 28.3 Å². The second kappa shape index (κ2) is 5.37. The van der Waals surface area contributed by atoms with Gasteiger partial charge in [-0.2, -0.15) is 0 Å². The van der Waals surface area contributed by atoms with Gasteiger partial charge in [0.15, 0.2) is 9.84 Å². The lowest BCUT2D eigenvalue weighted by atomic mass is 10.0. The van der Waals surface area contributed by atoms with Gasteiger partial charge in [0.25, 0.3) is 0 Å². The summed E-state index contributed by atoms with van der Waals surface area (Å²) in [6, 6.07) is 9.07. The minimum atomic E-state index is -3.53. The largest absolute Gasteiger partial charge is 0.223 e. The number of hydrogen-bond acceptors (Lipinski definition) is 2. The minimum Gasteiger partial charge on any atom is -0.223 e. The van der Waals surface area contributed by atoms with Crippen molar-refractivity contribution in [2.45, 2.75) is 31.4 Å². The van der Waals surface area contributed by atoms with Gasteiger partial charge < -0.3 is 0 Å². The summed E-state index contributed by atoms with van der Waals surface area (Å²) in [6.45, 7) is 5.78. The van der Waals surface area contributed by atoms with Gasteiger partial charge in [0, 0.05) is 0 Å². The molecule has 106 valence electrons. The summed E-state index contributed by atoms with van der Waals surface area (Å²) in [5, 5.41) is 0. The average molecular weight is 292 g/mol. The maximum absolute atomic E-state index is 13.2. The van der Waals surface area contributed by atoms with Crippen molar-refractivity contribution >= 4 is 9.84 Å². The lowest BCUT2D eigenvalue weighted by Crippen LogP contribution is -2.08. The van der Waals surface area contributed by atoms with Crippen molar-refractivity contribution in [2.75, 3.05) is 0 Å². The third-order valence-corrected chi connectivity index (χ3v) is 4.97. The molecule has 0 heterocycles. The first-order chi connectivity index (χ1) is 9.29. The van der Waals surface area contributed by atoms with Crippen molar-refractivity contribution in [1.82, 2.24) is 0 Å². The van der Waals surface area contributed by atoms with E-state index >= 15 is 0 Å². The third-order valence-electron chi connectivity index (χ3n) is 3.33. The number of halogens is 1. The second-order valence-electron chi connectivity index (χ2n) is 5.09. The van der Waals surface area contributed by atoms with E-state index in [2.05, 4.69) is 0 Å². The van der Waals surface area contributed by atoms with Gasteiger partial charge in [-0.15, -0.1) is 0 Å². The van der Waals surface area contributed by atoms with Gasteiger partial charge in [0.05, 0.1) is 10.6 Å². The van der Waals surface area contributed by atoms with Gasteiger partial charge in [-0.3, -0.25) is 0 Å². The fourth-order valence-electron chi connectivity index (χ4n) is 2.37. The molecule has 0 radical (unpaired) electrons. The van der Waals surface area contributed by atoms with Crippen LogP contribution in [0.4, 0.5) is 4.39 Å². The molecule has 0 saturated heterocycles. The number of sulfone groups is 1. The molecule has 0 bridgehead atoms. The quantitative estimate of drug-likeness (QED) is 0.864. The predicted octanol–water partition coefficient (Wildman–Crippen LogP) is 3.72. The molecule has 0 aliphatic rings.